The molecule has 0 aliphatic heterocycles. The zero-order valence-electron chi connectivity index (χ0n) is 13.4. The number of ether oxygens (including phenoxy) is 2. The van der Waals surface area contributed by atoms with Crippen molar-refractivity contribution >= 4 is 0 Å². The average Bonchev–Trinajstić information content (AvgIpc) is 2.39. The van der Waals surface area contributed by atoms with E-state index in [0.29, 0.717) is 31.6 Å². The van der Waals surface area contributed by atoms with Gasteiger partial charge in [-0.15, -0.1) is 0 Å². The topological polar surface area (TPSA) is 50.7 Å². The number of nitrogens with one attached hydrogen (secondary N) is 1. The monoisotopic (exact) mass is 285 g/mol. The lowest BCUT2D eigenvalue weighted by Gasteiger charge is -2.28. The molecule has 1 aliphatic rings. The van der Waals surface area contributed by atoms with Gasteiger partial charge >= 0.3 is 0 Å². The Kier molecular flexibility index (Phi) is 7.74. The van der Waals surface area contributed by atoms with Crippen LogP contribution in [0.25, 0.3) is 0 Å². The Morgan fingerprint density at radius 1 is 1.35 bits per heavy atom. The fourth-order valence-electron chi connectivity index (χ4n) is 2.46. The first-order valence-electron chi connectivity index (χ1n) is 7.59. The fourth-order valence-corrected chi connectivity index (χ4v) is 2.46. The van der Waals surface area contributed by atoms with Crippen LogP contribution in [0.15, 0.2) is 12.2 Å². The van der Waals surface area contributed by atoms with Gasteiger partial charge in [-0.2, -0.15) is 0 Å². The molecule has 20 heavy (non-hydrogen) atoms. The highest BCUT2D eigenvalue weighted by atomic mass is 16.5. The molecule has 4 heteroatoms. The van der Waals surface area contributed by atoms with Crippen LogP contribution in [-0.4, -0.2) is 50.2 Å². The summed E-state index contributed by atoms with van der Waals surface area (Å²) in [4.78, 5) is 0. The second-order valence-corrected chi connectivity index (χ2v) is 6.57. The minimum absolute atomic E-state index is 0.127. The summed E-state index contributed by atoms with van der Waals surface area (Å²) in [5.41, 5.74) is -0.127. The van der Waals surface area contributed by atoms with Crippen molar-refractivity contribution < 1.29 is 14.6 Å². The third-order valence-corrected chi connectivity index (χ3v) is 3.88. The Morgan fingerprint density at radius 3 is 2.70 bits per heavy atom. The standard InChI is InChI=1S/C16H31NO3/c1-13-7-5-6-8-14(13)10-20-11-15(18)9-17-16(2,3)12-19-4/h5-6,13-15,17-18H,7-12H2,1-4H3. The molecule has 118 valence electrons. The number of allylic oxidation sites excluding steroid dienone is 2. The quantitative estimate of drug-likeness (QED) is 0.636. The summed E-state index contributed by atoms with van der Waals surface area (Å²) in [7, 11) is 1.68. The van der Waals surface area contributed by atoms with Gasteiger partial charge in [0.1, 0.15) is 0 Å². The van der Waals surface area contributed by atoms with E-state index in [2.05, 4.69) is 38.2 Å². The van der Waals surface area contributed by atoms with E-state index in [1.165, 1.54) is 0 Å². The van der Waals surface area contributed by atoms with Crippen LogP contribution in [0.4, 0.5) is 0 Å². The molecule has 0 fully saturated rings. The van der Waals surface area contributed by atoms with Crippen molar-refractivity contribution in [1.82, 2.24) is 5.32 Å². The summed E-state index contributed by atoms with van der Waals surface area (Å²) in [6.45, 7) is 8.65. The van der Waals surface area contributed by atoms with Crippen molar-refractivity contribution in [2.75, 3.05) is 33.5 Å². The molecule has 3 atom stereocenters. The molecule has 0 aromatic rings. The van der Waals surface area contributed by atoms with Gasteiger partial charge in [0.25, 0.3) is 0 Å². The molecule has 0 saturated heterocycles. The molecule has 0 aromatic carbocycles. The average molecular weight is 285 g/mol. The Balaban J connectivity index is 2.13. The van der Waals surface area contributed by atoms with Crippen LogP contribution in [0.2, 0.25) is 0 Å². The van der Waals surface area contributed by atoms with E-state index >= 15 is 0 Å². The van der Waals surface area contributed by atoms with Crippen LogP contribution in [0, 0.1) is 11.8 Å². The zero-order chi connectivity index (χ0) is 15.0. The third-order valence-electron chi connectivity index (χ3n) is 3.88. The number of methoxy groups -OCH3 is 1. The SMILES string of the molecule is COCC(C)(C)NCC(O)COCC1CC=CCC1C. The van der Waals surface area contributed by atoms with Gasteiger partial charge in [0.2, 0.25) is 0 Å². The van der Waals surface area contributed by atoms with Crippen molar-refractivity contribution in [3.63, 3.8) is 0 Å². The second kappa shape index (κ2) is 8.78. The van der Waals surface area contributed by atoms with Gasteiger partial charge in [-0.3, -0.25) is 0 Å². The molecule has 4 nitrogen and oxygen atoms in total. The first-order valence-corrected chi connectivity index (χ1v) is 7.59. The van der Waals surface area contributed by atoms with Gasteiger partial charge in [0.15, 0.2) is 0 Å². The highest BCUT2D eigenvalue weighted by Crippen LogP contribution is 2.24. The van der Waals surface area contributed by atoms with E-state index in [4.69, 9.17) is 9.47 Å². The molecule has 3 unspecified atom stereocenters. The van der Waals surface area contributed by atoms with Gasteiger partial charge < -0.3 is 19.9 Å². The lowest BCUT2D eigenvalue weighted by Crippen LogP contribution is -2.47. The minimum Gasteiger partial charge on any atom is -0.389 e. The zero-order valence-corrected chi connectivity index (χ0v) is 13.4. The largest absolute Gasteiger partial charge is 0.389 e. The first-order chi connectivity index (χ1) is 9.44. The van der Waals surface area contributed by atoms with Gasteiger partial charge in [-0.25, -0.2) is 0 Å². The lowest BCUT2D eigenvalue weighted by atomic mass is 9.85. The summed E-state index contributed by atoms with van der Waals surface area (Å²) in [6, 6.07) is 0. The predicted molar refractivity (Wildman–Crippen MR) is 81.8 cm³/mol. The highest BCUT2D eigenvalue weighted by Gasteiger charge is 2.20. The molecule has 0 saturated carbocycles. The Bertz CT molecular complexity index is 291. The summed E-state index contributed by atoms with van der Waals surface area (Å²) in [6.07, 6.45) is 6.25. The van der Waals surface area contributed by atoms with E-state index in [9.17, 15) is 5.11 Å². The van der Waals surface area contributed by atoms with E-state index in [1.807, 2.05) is 0 Å². The number of aliphatic hydroxyl groups is 1. The Labute approximate surface area is 123 Å². The molecule has 1 rings (SSSR count). The maximum atomic E-state index is 9.93. The van der Waals surface area contributed by atoms with Gasteiger partial charge in [0, 0.05) is 19.2 Å². The van der Waals surface area contributed by atoms with E-state index in [1.54, 1.807) is 7.11 Å². The fraction of sp³-hybridized carbons (Fsp3) is 0.875. The smallest absolute Gasteiger partial charge is 0.0897 e. The summed E-state index contributed by atoms with van der Waals surface area (Å²) in [5, 5.41) is 13.2. The van der Waals surface area contributed by atoms with Crippen molar-refractivity contribution in [3.05, 3.63) is 12.2 Å². The number of rotatable bonds is 9. The number of hydrogen-bond acceptors (Lipinski definition) is 4. The van der Waals surface area contributed by atoms with Crippen molar-refractivity contribution in [3.8, 4) is 0 Å². The summed E-state index contributed by atoms with van der Waals surface area (Å²) >= 11 is 0. The lowest BCUT2D eigenvalue weighted by molar-refractivity contribution is 0.00810. The van der Waals surface area contributed by atoms with Gasteiger partial charge in [0.05, 0.1) is 25.9 Å². The van der Waals surface area contributed by atoms with Crippen LogP contribution < -0.4 is 5.32 Å². The maximum Gasteiger partial charge on any atom is 0.0897 e. The molecule has 0 heterocycles. The van der Waals surface area contributed by atoms with E-state index < -0.39 is 6.10 Å². The van der Waals surface area contributed by atoms with E-state index in [-0.39, 0.29) is 5.54 Å². The molecule has 0 bridgehead atoms. The van der Waals surface area contributed by atoms with Crippen LogP contribution in [0.3, 0.4) is 0 Å². The summed E-state index contributed by atoms with van der Waals surface area (Å²) in [5.74, 6) is 1.26. The third kappa shape index (κ3) is 6.84. The maximum absolute atomic E-state index is 9.93. The van der Waals surface area contributed by atoms with Crippen LogP contribution in [0.1, 0.15) is 33.6 Å². The van der Waals surface area contributed by atoms with Crippen molar-refractivity contribution in [2.45, 2.75) is 45.3 Å². The van der Waals surface area contributed by atoms with Crippen LogP contribution in [0.5, 0.6) is 0 Å². The Hall–Kier alpha value is -0.420. The molecular weight excluding hydrogens is 254 g/mol. The number of hydrogen-bond donors (Lipinski definition) is 2. The van der Waals surface area contributed by atoms with Crippen molar-refractivity contribution in [1.29, 1.82) is 0 Å². The van der Waals surface area contributed by atoms with Crippen molar-refractivity contribution in [2.24, 2.45) is 11.8 Å². The molecule has 2 N–H and O–H groups in total. The molecule has 0 spiro atoms. The van der Waals surface area contributed by atoms with Gasteiger partial charge in [-0.05, 0) is 38.5 Å². The molecule has 1 aliphatic carbocycles. The predicted octanol–water partition coefficient (Wildman–Crippen LogP) is 1.98. The minimum atomic E-state index is -0.472. The second-order valence-electron chi connectivity index (χ2n) is 6.57. The number of β-amino-alcohol motifs (C(OH)–C–C–N with tert-alkyl or cyclic N) is 1. The number of aliphatic hydroxyl groups excluding tert-OH is 1. The van der Waals surface area contributed by atoms with E-state index in [0.717, 1.165) is 19.4 Å². The van der Waals surface area contributed by atoms with Crippen LogP contribution >= 0.6 is 0 Å². The van der Waals surface area contributed by atoms with Crippen LogP contribution in [-0.2, 0) is 9.47 Å². The Morgan fingerprint density at radius 2 is 2.05 bits per heavy atom. The first kappa shape index (κ1) is 17.6. The highest BCUT2D eigenvalue weighted by molar-refractivity contribution is 4.93. The van der Waals surface area contributed by atoms with Gasteiger partial charge in [-0.1, -0.05) is 19.1 Å². The molecular formula is C16H31NO3. The molecule has 0 aromatic heterocycles. The summed E-state index contributed by atoms with van der Waals surface area (Å²) < 4.78 is 10.8. The molecule has 0 radical (unpaired) electrons. The molecule has 0 amide bonds. The normalized spacial score (nSPS) is 24.9.